The van der Waals surface area contributed by atoms with Crippen molar-refractivity contribution in [3.8, 4) is 0 Å². The maximum absolute atomic E-state index is 12.3. The third-order valence-corrected chi connectivity index (χ3v) is 6.08. The molecule has 0 spiro atoms. The first kappa shape index (κ1) is 26.4. The summed E-state index contributed by atoms with van der Waals surface area (Å²) in [7, 11) is 0. The van der Waals surface area contributed by atoms with Crippen molar-refractivity contribution in [2.45, 2.75) is 46.3 Å². The van der Waals surface area contributed by atoms with Crippen LogP contribution in [0.25, 0.3) is 0 Å². The number of benzene rings is 2. The topological polar surface area (TPSA) is 67.2 Å². The van der Waals surface area contributed by atoms with E-state index >= 15 is 0 Å². The molecule has 1 amide bonds. The number of rotatable bonds is 8. The number of nitrogens with one attached hydrogen (secondary N) is 1. The quantitative estimate of drug-likeness (QED) is 0.271. The Balaban J connectivity index is 0.000000287. The summed E-state index contributed by atoms with van der Waals surface area (Å²) in [6, 6.07) is 18.1. The predicted octanol–water partition coefficient (Wildman–Crippen LogP) is 5.07. The number of ketones is 1. The molecule has 0 saturated heterocycles. The van der Waals surface area contributed by atoms with E-state index in [1.54, 1.807) is 17.2 Å². The zero-order chi connectivity index (χ0) is 25.0. The lowest BCUT2D eigenvalue weighted by atomic mass is 10.1. The molecule has 2 heterocycles. The maximum atomic E-state index is 12.3. The van der Waals surface area contributed by atoms with E-state index < -0.39 is 0 Å². The van der Waals surface area contributed by atoms with Crippen LogP contribution in [0.4, 0.5) is 0 Å². The number of amides is 1. The molecule has 1 aliphatic rings. The number of carbonyl (C=O) groups excluding carboxylic acids is 2. The summed E-state index contributed by atoms with van der Waals surface area (Å²) >= 11 is 5.90. The molecule has 35 heavy (non-hydrogen) atoms. The fourth-order valence-electron chi connectivity index (χ4n) is 3.86. The van der Waals surface area contributed by atoms with Crippen LogP contribution in [0, 0.1) is 0 Å². The van der Waals surface area contributed by atoms with Gasteiger partial charge >= 0.3 is 0 Å². The lowest BCUT2D eigenvalue weighted by Crippen LogP contribution is -2.38. The third-order valence-electron chi connectivity index (χ3n) is 5.71. The summed E-state index contributed by atoms with van der Waals surface area (Å²) in [6.07, 6.45) is 7.27. The highest BCUT2D eigenvalue weighted by Crippen LogP contribution is 2.16. The molecule has 0 unspecified atom stereocenters. The Morgan fingerprint density at radius 3 is 2.54 bits per heavy atom. The van der Waals surface area contributed by atoms with Crippen molar-refractivity contribution in [1.29, 1.82) is 0 Å². The summed E-state index contributed by atoms with van der Waals surface area (Å²) in [6.45, 7) is 6.73. The molecule has 6 nitrogen and oxygen atoms in total. The minimum atomic E-state index is -0.0277. The van der Waals surface area contributed by atoms with E-state index in [0.29, 0.717) is 31.9 Å². The van der Waals surface area contributed by atoms with E-state index in [9.17, 15) is 9.59 Å². The largest absolute Gasteiger partial charge is 0.330 e. The molecule has 0 atom stereocenters. The predicted molar refractivity (Wildman–Crippen MR) is 140 cm³/mol. The van der Waals surface area contributed by atoms with Crippen LogP contribution in [-0.2, 0) is 30.8 Å². The average molecular weight is 493 g/mol. The van der Waals surface area contributed by atoms with Crippen LogP contribution in [0.15, 0.2) is 72.9 Å². The van der Waals surface area contributed by atoms with Gasteiger partial charge in [0.1, 0.15) is 11.5 Å². The Kier molecular flexibility index (Phi) is 10.3. The van der Waals surface area contributed by atoms with Gasteiger partial charge in [0, 0.05) is 44.2 Å². The van der Waals surface area contributed by atoms with Crippen LogP contribution in [0.5, 0.6) is 0 Å². The molecule has 0 fully saturated rings. The number of Topliss-reactive ketones (excluding diaryl/α,β-unsaturated/α-hetero) is 1. The molecule has 1 aliphatic heterocycles. The monoisotopic (exact) mass is 492 g/mol. The standard InChI is InChI=1S/C19H22N4O2.C9H11Cl/c1-15(24)17-13-21-18-14-22(10-11-23(17)18)19(25)8-5-9-20-12-16-6-3-2-4-7-16;1-2-5-8-6-3-4-7-9(8)10/h2-8,13,20H,9-12,14H2,1H3;3-4,6-7H,2,5H2,1H3/b8-5+;. The van der Waals surface area contributed by atoms with Gasteiger partial charge in [0.25, 0.3) is 0 Å². The molecule has 4 rings (SSSR count). The summed E-state index contributed by atoms with van der Waals surface area (Å²) in [5.74, 6) is 0.739. The lowest BCUT2D eigenvalue weighted by molar-refractivity contribution is -0.127. The van der Waals surface area contributed by atoms with E-state index in [0.717, 1.165) is 30.2 Å². The number of hydrogen-bond donors (Lipinski definition) is 1. The van der Waals surface area contributed by atoms with E-state index in [1.807, 2.05) is 47.0 Å². The molecular formula is C28H33ClN4O2. The Morgan fingerprint density at radius 2 is 1.83 bits per heavy atom. The SMILES string of the molecule is CC(=O)c1cnc2n1CCN(C(=O)/C=C/CNCc1ccccc1)C2.CCCc1ccccc1Cl. The van der Waals surface area contributed by atoms with E-state index in [2.05, 4.69) is 35.4 Å². The van der Waals surface area contributed by atoms with Gasteiger partial charge in [-0.3, -0.25) is 9.59 Å². The van der Waals surface area contributed by atoms with Crippen molar-refractivity contribution in [1.82, 2.24) is 19.8 Å². The second kappa shape index (κ2) is 13.6. The number of nitrogens with zero attached hydrogens (tertiary/aromatic N) is 3. The summed E-state index contributed by atoms with van der Waals surface area (Å²) in [5, 5.41) is 4.17. The fourth-order valence-corrected chi connectivity index (χ4v) is 4.09. The minimum absolute atomic E-state index is 0.00270. The highest BCUT2D eigenvalue weighted by Gasteiger charge is 2.23. The molecule has 0 bridgehead atoms. The van der Waals surface area contributed by atoms with Crippen LogP contribution in [0.3, 0.4) is 0 Å². The van der Waals surface area contributed by atoms with Gasteiger partial charge in [0.05, 0.1) is 12.7 Å². The Bertz CT molecular complexity index is 1140. The second-order valence-corrected chi connectivity index (χ2v) is 8.79. The van der Waals surface area contributed by atoms with Gasteiger partial charge in [-0.05, 0) is 23.6 Å². The first-order chi connectivity index (χ1) is 17.0. The zero-order valence-corrected chi connectivity index (χ0v) is 21.2. The molecule has 3 aromatic rings. The summed E-state index contributed by atoms with van der Waals surface area (Å²) in [4.78, 5) is 29.8. The first-order valence-corrected chi connectivity index (χ1v) is 12.4. The van der Waals surface area contributed by atoms with Crippen LogP contribution in [-0.4, -0.2) is 39.2 Å². The smallest absolute Gasteiger partial charge is 0.246 e. The number of imidazole rings is 1. The molecule has 1 N–H and O–H groups in total. The summed E-state index contributed by atoms with van der Waals surface area (Å²) < 4.78 is 1.90. The number of aryl methyl sites for hydroxylation is 1. The molecule has 7 heteroatoms. The van der Waals surface area contributed by atoms with Crippen LogP contribution < -0.4 is 5.32 Å². The van der Waals surface area contributed by atoms with Crippen LogP contribution >= 0.6 is 11.6 Å². The second-order valence-electron chi connectivity index (χ2n) is 8.39. The molecule has 2 aromatic carbocycles. The first-order valence-electron chi connectivity index (χ1n) is 12.0. The van der Waals surface area contributed by atoms with E-state index in [-0.39, 0.29) is 11.7 Å². The number of hydrogen-bond acceptors (Lipinski definition) is 4. The molecule has 184 valence electrons. The van der Waals surface area contributed by atoms with Crippen LogP contribution in [0.1, 0.15) is 47.7 Å². The van der Waals surface area contributed by atoms with Crippen LogP contribution in [0.2, 0.25) is 5.02 Å². The molecule has 0 saturated carbocycles. The van der Waals surface area contributed by atoms with Crippen molar-refractivity contribution in [3.05, 3.63) is 101 Å². The third kappa shape index (κ3) is 7.91. The van der Waals surface area contributed by atoms with Gasteiger partial charge in [-0.25, -0.2) is 4.98 Å². The number of aromatic nitrogens is 2. The van der Waals surface area contributed by atoms with Crippen molar-refractivity contribution in [2.75, 3.05) is 13.1 Å². The normalized spacial score (nSPS) is 12.7. The average Bonchev–Trinajstić information content (AvgIpc) is 3.30. The van der Waals surface area contributed by atoms with Crippen molar-refractivity contribution in [2.24, 2.45) is 0 Å². The number of carbonyl (C=O) groups is 2. The molecule has 1 aromatic heterocycles. The molecular weight excluding hydrogens is 460 g/mol. The van der Waals surface area contributed by atoms with Gasteiger partial charge in [-0.2, -0.15) is 0 Å². The summed E-state index contributed by atoms with van der Waals surface area (Å²) in [5.41, 5.74) is 3.08. The van der Waals surface area contributed by atoms with Gasteiger partial charge in [0.2, 0.25) is 5.91 Å². The van der Waals surface area contributed by atoms with Gasteiger partial charge in [0.15, 0.2) is 5.78 Å². The highest BCUT2D eigenvalue weighted by atomic mass is 35.5. The van der Waals surface area contributed by atoms with Gasteiger partial charge in [-0.1, -0.05) is 79.6 Å². The van der Waals surface area contributed by atoms with Crippen molar-refractivity contribution in [3.63, 3.8) is 0 Å². The highest BCUT2D eigenvalue weighted by molar-refractivity contribution is 6.31. The Morgan fingerprint density at radius 1 is 1.09 bits per heavy atom. The minimum Gasteiger partial charge on any atom is -0.330 e. The van der Waals surface area contributed by atoms with Crippen molar-refractivity contribution >= 4 is 23.3 Å². The number of halogens is 1. The lowest BCUT2D eigenvalue weighted by Gasteiger charge is -2.27. The Hall–Kier alpha value is -3.22. The molecule has 0 aliphatic carbocycles. The zero-order valence-electron chi connectivity index (χ0n) is 20.4. The van der Waals surface area contributed by atoms with Gasteiger partial charge in [-0.15, -0.1) is 0 Å². The van der Waals surface area contributed by atoms with E-state index in [1.165, 1.54) is 18.1 Å². The van der Waals surface area contributed by atoms with Gasteiger partial charge < -0.3 is 14.8 Å². The number of fused-ring (bicyclic) bond motifs is 1. The Labute approximate surface area is 212 Å². The van der Waals surface area contributed by atoms with Crippen molar-refractivity contribution < 1.29 is 9.59 Å². The van der Waals surface area contributed by atoms with E-state index in [4.69, 9.17) is 11.6 Å². The molecule has 0 radical (unpaired) electrons. The fraction of sp³-hybridized carbons (Fsp3) is 0.321. The maximum Gasteiger partial charge on any atom is 0.246 e.